The van der Waals surface area contributed by atoms with Crippen molar-refractivity contribution in [1.29, 1.82) is 0 Å². The van der Waals surface area contributed by atoms with Gasteiger partial charge in [-0.05, 0) is 88.2 Å². The maximum atomic E-state index is 14.5. The minimum Gasteiger partial charge on any atom is -0.471 e. The second-order valence-electron chi connectivity index (χ2n) is 16.4. The number of fused-ring (bicyclic) bond motifs is 7. The van der Waals surface area contributed by atoms with Gasteiger partial charge >= 0.3 is 11.9 Å². The summed E-state index contributed by atoms with van der Waals surface area (Å²) in [7, 11) is 0. The van der Waals surface area contributed by atoms with Crippen LogP contribution in [0.4, 0.5) is 4.39 Å². The van der Waals surface area contributed by atoms with Gasteiger partial charge in [-0.3, -0.25) is 9.59 Å². The monoisotopic (exact) mass is 651 g/mol. The highest BCUT2D eigenvalue weighted by Gasteiger charge is 2.55. The van der Waals surface area contributed by atoms with Crippen LogP contribution in [0.25, 0.3) is 11.0 Å². The molecule has 2 aliphatic heterocycles. The van der Waals surface area contributed by atoms with E-state index in [4.69, 9.17) is 24.2 Å². The Bertz CT molecular complexity index is 1530. The summed E-state index contributed by atoms with van der Waals surface area (Å²) in [6.07, 6.45) is 5.78. The van der Waals surface area contributed by atoms with E-state index in [0.29, 0.717) is 46.8 Å². The zero-order valence-corrected chi connectivity index (χ0v) is 28.9. The van der Waals surface area contributed by atoms with Crippen molar-refractivity contribution < 1.29 is 33.0 Å². The molecule has 0 unspecified atom stereocenters. The molecule has 3 heterocycles. The first-order chi connectivity index (χ1) is 22.1. The Morgan fingerprint density at radius 2 is 1.72 bits per heavy atom. The summed E-state index contributed by atoms with van der Waals surface area (Å²) in [5, 5.41) is 0. The number of carbonyl (C=O) groups excluding carboxylic acids is 3. The van der Waals surface area contributed by atoms with E-state index in [2.05, 4.69) is 0 Å². The summed E-state index contributed by atoms with van der Waals surface area (Å²) in [4.78, 5) is 53.0. The van der Waals surface area contributed by atoms with Crippen molar-refractivity contribution in [3.8, 4) is 5.88 Å². The Hall–Kier alpha value is -3.30. The molecular weight excluding hydrogens is 601 g/mol. The average molecular weight is 652 g/mol. The molecule has 8 atom stereocenters. The van der Waals surface area contributed by atoms with Gasteiger partial charge < -0.3 is 19.1 Å². The highest BCUT2D eigenvalue weighted by Crippen LogP contribution is 2.58. The number of halogens is 1. The van der Waals surface area contributed by atoms with Gasteiger partial charge in [0.25, 0.3) is 0 Å². The SMILES string of the molecule is C[C@@H]1[C@@H]2CN(C(=O)[C@H](C(C)(C)C)CC(=O)O[C@@H]3C[C@@H]4C[C@@H]4[C@H]3CCCCCc3nc4ccc(F)cc4nc3O2)[C@@H]1C(=O)OC(C)(C)C. The molecule has 47 heavy (non-hydrogen) atoms. The van der Waals surface area contributed by atoms with E-state index in [9.17, 15) is 18.8 Å². The summed E-state index contributed by atoms with van der Waals surface area (Å²) in [5.74, 6) is -0.906. The number of hydrogen-bond acceptors (Lipinski definition) is 8. The first-order valence-corrected chi connectivity index (χ1v) is 17.4. The standard InChI is InChI=1S/C37H50FN3O6/c1-20-30-19-41(32(20)35(44)47-37(5,6)7)34(43)25(36(2,3)4)18-31(42)45-29-16-21-15-24(21)23(29)11-9-8-10-12-27-33(46-30)40-28-17-22(38)13-14-26(28)39-27/h13-14,17,20-21,23-25,29-30,32H,8-12,15-16,18-19H2,1-7H3/t20-,21+,23-,24+,25-,29-,30+,32+/m1/s1. The van der Waals surface area contributed by atoms with Crippen LogP contribution in [0.3, 0.4) is 0 Å². The van der Waals surface area contributed by atoms with Crippen LogP contribution in [0.2, 0.25) is 0 Å². The lowest BCUT2D eigenvalue weighted by molar-refractivity contribution is -0.167. The lowest BCUT2D eigenvalue weighted by Gasteiger charge is -2.35. The molecule has 1 aromatic heterocycles. The summed E-state index contributed by atoms with van der Waals surface area (Å²) < 4.78 is 32.8. The van der Waals surface area contributed by atoms with Crippen molar-refractivity contribution in [3.05, 3.63) is 29.7 Å². The fraction of sp³-hybridized carbons (Fsp3) is 0.703. The molecular formula is C37H50FN3O6. The summed E-state index contributed by atoms with van der Waals surface area (Å²) in [6.45, 7) is 13.2. The molecule has 0 radical (unpaired) electrons. The van der Waals surface area contributed by atoms with Gasteiger partial charge in [0.2, 0.25) is 11.8 Å². The molecule has 1 saturated heterocycles. The average Bonchev–Trinajstić information content (AvgIpc) is 3.53. The van der Waals surface area contributed by atoms with Gasteiger partial charge in [0, 0.05) is 12.0 Å². The molecule has 2 saturated carbocycles. The molecule has 4 aliphatic rings. The quantitative estimate of drug-likeness (QED) is 0.324. The van der Waals surface area contributed by atoms with Crippen molar-refractivity contribution >= 4 is 28.9 Å². The van der Waals surface area contributed by atoms with Crippen LogP contribution in [-0.4, -0.2) is 63.1 Å². The van der Waals surface area contributed by atoms with E-state index in [1.807, 2.05) is 27.7 Å². The molecule has 2 aromatic rings. The summed E-state index contributed by atoms with van der Waals surface area (Å²) in [6, 6.07) is 3.41. The van der Waals surface area contributed by atoms with Crippen LogP contribution in [0, 0.1) is 40.8 Å². The second kappa shape index (κ2) is 12.6. The van der Waals surface area contributed by atoms with Crippen LogP contribution < -0.4 is 4.74 Å². The van der Waals surface area contributed by atoms with E-state index < -0.39 is 46.8 Å². The van der Waals surface area contributed by atoms with Gasteiger partial charge in [-0.15, -0.1) is 0 Å². The van der Waals surface area contributed by atoms with E-state index in [1.165, 1.54) is 23.5 Å². The molecule has 0 N–H and O–H groups in total. The third-order valence-corrected chi connectivity index (χ3v) is 10.6. The van der Waals surface area contributed by atoms with Gasteiger partial charge in [0.15, 0.2) is 0 Å². The Balaban J connectivity index is 1.38. The van der Waals surface area contributed by atoms with Crippen LogP contribution in [0.1, 0.15) is 99.1 Å². The first kappa shape index (κ1) is 33.6. The van der Waals surface area contributed by atoms with E-state index >= 15 is 0 Å². The van der Waals surface area contributed by atoms with E-state index in [-0.39, 0.29) is 30.9 Å². The van der Waals surface area contributed by atoms with E-state index in [1.54, 1.807) is 26.8 Å². The molecule has 2 bridgehead atoms. The molecule has 6 rings (SSSR count). The molecule has 10 heteroatoms. The van der Waals surface area contributed by atoms with Gasteiger partial charge in [0.05, 0.1) is 29.9 Å². The Kier molecular flexibility index (Phi) is 9.02. The normalized spacial score (nSPS) is 32.0. The van der Waals surface area contributed by atoms with Gasteiger partial charge in [0.1, 0.15) is 35.4 Å². The number of hydrogen-bond donors (Lipinski definition) is 0. The predicted octanol–water partition coefficient (Wildman–Crippen LogP) is 6.44. The number of esters is 2. The molecule has 1 amide bonds. The Labute approximate surface area is 277 Å². The van der Waals surface area contributed by atoms with Crippen molar-refractivity contribution in [1.82, 2.24) is 14.9 Å². The van der Waals surface area contributed by atoms with Crippen LogP contribution in [0.15, 0.2) is 18.2 Å². The van der Waals surface area contributed by atoms with Crippen LogP contribution in [-0.2, 0) is 30.3 Å². The van der Waals surface area contributed by atoms with Gasteiger partial charge in [-0.1, -0.05) is 40.5 Å². The number of aromatic nitrogens is 2. The third-order valence-electron chi connectivity index (χ3n) is 10.6. The van der Waals surface area contributed by atoms with Gasteiger partial charge in [-0.25, -0.2) is 19.2 Å². The van der Waals surface area contributed by atoms with Crippen molar-refractivity contribution in [2.45, 2.75) is 124 Å². The maximum Gasteiger partial charge on any atom is 0.329 e. The Morgan fingerprint density at radius 1 is 0.957 bits per heavy atom. The van der Waals surface area contributed by atoms with Crippen molar-refractivity contribution in [2.24, 2.45) is 35.0 Å². The topological polar surface area (TPSA) is 108 Å². The van der Waals surface area contributed by atoms with Gasteiger partial charge in [-0.2, -0.15) is 0 Å². The molecule has 1 aromatic carbocycles. The van der Waals surface area contributed by atoms with Crippen LogP contribution in [0.5, 0.6) is 5.88 Å². The number of amides is 1. The zero-order valence-electron chi connectivity index (χ0n) is 28.9. The summed E-state index contributed by atoms with van der Waals surface area (Å²) >= 11 is 0. The highest BCUT2D eigenvalue weighted by molar-refractivity contribution is 5.89. The fourth-order valence-electron chi connectivity index (χ4n) is 8.03. The number of ether oxygens (including phenoxy) is 3. The summed E-state index contributed by atoms with van der Waals surface area (Å²) in [5.41, 5.74) is 0.283. The maximum absolute atomic E-state index is 14.5. The number of benzene rings is 1. The number of nitrogens with zero attached hydrogens (tertiary/aromatic N) is 3. The largest absolute Gasteiger partial charge is 0.471 e. The first-order valence-electron chi connectivity index (χ1n) is 17.4. The molecule has 256 valence electrons. The fourth-order valence-corrected chi connectivity index (χ4v) is 8.03. The second-order valence-corrected chi connectivity index (χ2v) is 16.4. The molecule has 0 spiro atoms. The van der Waals surface area contributed by atoms with Crippen molar-refractivity contribution in [3.63, 3.8) is 0 Å². The number of rotatable bonds is 1. The smallest absolute Gasteiger partial charge is 0.329 e. The number of carbonyl (C=O) groups is 3. The molecule has 9 nitrogen and oxygen atoms in total. The predicted molar refractivity (Wildman–Crippen MR) is 174 cm³/mol. The lowest BCUT2D eigenvalue weighted by Crippen LogP contribution is -2.50. The zero-order chi connectivity index (χ0) is 33.8. The highest BCUT2D eigenvalue weighted by atomic mass is 19.1. The minimum atomic E-state index is -0.935. The Morgan fingerprint density at radius 3 is 2.45 bits per heavy atom. The van der Waals surface area contributed by atoms with Crippen LogP contribution >= 0.6 is 0 Å². The lowest BCUT2D eigenvalue weighted by atomic mass is 9.77. The van der Waals surface area contributed by atoms with Crippen molar-refractivity contribution in [2.75, 3.05) is 6.54 Å². The van der Waals surface area contributed by atoms with E-state index in [0.717, 1.165) is 32.1 Å². The third kappa shape index (κ3) is 7.26. The minimum absolute atomic E-state index is 0.0653. The molecule has 2 aliphatic carbocycles. The number of aryl methyl sites for hydroxylation is 1. The molecule has 3 fully saturated rings.